The van der Waals surface area contributed by atoms with Crippen molar-refractivity contribution in [2.45, 2.75) is 59.5 Å². The molecule has 2 aromatic heterocycles. The Bertz CT molecular complexity index is 921. The molecule has 156 valence electrons. The number of hydrogen-bond acceptors (Lipinski definition) is 6. The standard InChI is InChI=1S/C19H31N5O4/c1-6-10-23(11-7-2)12-14-20-16-15(17(25)21-19(27)22(16)5)24(14)13(8-3)18(26)28-9-4/h13H,6-12H2,1-5H3,(H,21,25,27)/t13-/m1/s1. The first kappa shape index (κ1) is 21.9. The van der Waals surface area contributed by atoms with Gasteiger partial charge >= 0.3 is 11.7 Å². The molecule has 0 fully saturated rings. The lowest BCUT2D eigenvalue weighted by molar-refractivity contribution is -0.147. The summed E-state index contributed by atoms with van der Waals surface area (Å²) in [5.74, 6) is 0.180. The molecule has 9 nitrogen and oxygen atoms in total. The van der Waals surface area contributed by atoms with Gasteiger partial charge in [-0.05, 0) is 39.3 Å². The van der Waals surface area contributed by atoms with Gasteiger partial charge in [-0.2, -0.15) is 0 Å². The van der Waals surface area contributed by atoms with Crippen molar-refractivity contribution in [3.63, 3.8) is 0 Å². The van der Waals surface area contributed by atoms with Crippen LogP contribution < -0.4 is 11.2 Å². The molecule has 9 heteroatoms. The van der Waals surface area contributed by atoms with Crippen molar-refractivity contribution in [1.29, 1.82) is 0 Å². The van der Waals surface area contributed by atoms with E-state index in [1.54, 1.807) is 18.5 Å². The maximum Gasteiger partial charge on any atom is 0.329 e. The quantitative estimate of drug-likeness (QED) is 0.615. The number of hydrogen-bond donors (Lipinski definition) is 1. The van der Waals surface area contributed by atoms with Gasteiger partial charge in [0.15, 0.2) is 11.2 Å². The van der Waals surface area contributed by atoms with Crippen molar-refractivity contribution < 1.29 is 9.53 Å². The lowest BCUT2D eigenvalue weighted by Crippen LogP contribution is -2.32. The van der Waals surface area contributed by atoms with Gasteiger partial charge in [-0.15, -0.1) is 0 Å². The highest BCUT2D eigenvalue weighted by Crippen LogP contribution is 2.23. The van der Waals surface area contributed by atoms with E-state index in [1.165, 1.54) is 4.57 Å². The number of H-pyrrole nitrogens is 1. The minimum Gasteiger partial charge on any atom is -0.464 e. The van der Waals surface area contributed by atoms with Crippen LogP contribution in [0.5, 0.6) is 0 Å². The smallest absolute Gasteiger partial charge is 0.329 e. The molecule has 0 bridgehead atoms. The lowest BCUT2D eigenvalue weighted by Gasteiger charge is -2.23. The number of carbonyl (C=O) groups is 1. The third-order valence-electron chi connectivity index (χ3n) is 4.73. The summed E-state index contributed by atoms with van der Waals surface area (Å²) in [6, 6.07) is -0.677. The highest BCUT2D eigenvalue weighted by Gasteiger charge is 2.28. The summed E-state index contributed by atoms with van der Waals surface area (Å²) in [5, 5.41) is 0. The second kappa shape index (κ2) is 9.68. The molecule has 0 aliphatic carbocycles. The molecule has 0 spiro atoms. The van der Waals surface area contributed by atoms with Crippen LogP contribution in [0, 0.1) is 0 Å². The summed E-state index contributed by atoms with van der Waals surface area (Å²) in [4.78, 5) is 46.4. The summed E-state index contributed by atoms with van der Waals surface area (Å²) in [6.45, 7) is 10.3. The maximum absolute atomic E-state index is 12.6. The Hall–Kier alpha value is -2.42. The fourth-order valence-electron chi connectivity index (χ4n) is 3.49. The van der Waals surface area contributed by atoms with E-state index in [2.05, 4.69) is 28.7 Å². The Balaban J connectivity index is 2.72. The van der Waals surface area contributed by atoms with Gasteiger partial charge < -0.3 is 9.30 Å². The van der Waals surface area contributed by atoms with Gasteiger partial charge in [0, 0.05) is 7.05 Å². The first-order valence-electron chi connectivity index (χ1n) is 9.98. The van der Waals surface area contributed by atoms with Gasteiger partial charge in [-0.1, -0.05) is 20.8 Å². The molecule has 2 aromatic rings. The van der Waals surface area contributed by atoms with Crippen LogP contribution in [-0.4, -0.2) is 49.7 Å². The van der Waals surface area contributed by atoms with Crippen LogP contribution in [0.1, 0.15) is 58.8 Å². The largest absolute Gasteiger partial charge is 0.464 e. The molecule has 2 heterocycles. The molecule has 28 heavy (non-hydrogen) atoms. The van der Waals surface area contributed by atoms with Crippen LogP contribution in [0.4, 0.5) is 0 Å². The molecule has 0 aliphatic rings. The molecule has 1 atom stereocenters. The average molecular weight is 393 g/mol. The summed E-state index contributed by atoms with van der Waals surface area (Å²) < 4.78 is 8.20. The molecule has 1 N–H and O–H groups in total. The van der Waals surface area contributed by atoms with Crippen molar-refractivity contribution in [1.82, 2.24) is 24.0 Å². The number of rotatable bonds is 10. The van der Waals surface area contributed by atoms with Crippen LogP contribution in [0.15, 0.2) is 9.59 Å². The van der Waals surface area contributed by atoms with E-state index in [0.717, 1.165) is 25.9 Å². The highest BCUT2D eigenvalue weighted by atomic mass is 16.5. The average Bonchev–Trinajstić information content (AvgIpc) is 3.01. The number of fused-ring (bicyclic) bond motifs is 1. The van der Waals surface area contributed by atoms with Gasteiger partial charge in [0.25, 0.3) is 5.56 Å². The number of carbonyl (C=O) groups excluding carboxylic acids is 1. The van der Waals surface area contributed by atoms with E-state index >= 15 is 0 Å². The highest BCUT2D eigenvalue weighted by molar-refractivity contribution is 5.79. The van der Waals surface area contributed by atoms with Crippen LogP contribution in [-0.2, 0) is 23.1 Å². The Morgan fingerprint density at radius 1 is 1.18 bits per heavy atom. The zero-order valence-electron chi connectivity index (χ0n) is 17.4. The van der Waals surface area contributed by atoms with Crippen LogP contribution >= 0.6 is 0 Å². The molecule has 0 saturated carbocycles. The minimum atomic E-state index is -0.677. The third-order valence-corrected chi connectivity index (χ3v) is 4.73. The number of nitrogens with zero attached hydrogens (tertiary/aromatic N) is 4. The molecule has 0 aliphatic heterocycles. The number of aromatic nitrogens is 4. The van der Waals surface area contributed by atoms with Crippen LogP contribution in [0.25, 0.3) is 11.2 Å². The van der Waals surface area contributed by atoms with Crippen molar-refractivity contribution in [3.8, 4) is 0 Å². The molecular formula is C19H31N5O4. The summed E-state index contributed by atoms with van der Waals surface area (Å²) in [7, 11) is 1.56. The summed E-state index contributed by atoms with van der Waals surface area (Å²) >= 11 is 0. The van der Waals surface area contributed by atoms with Gasteiger partial charge in [0.05, 0.1) is 13.2 Å². The molecular weight excluding hydrogens is 362 g/mol. The number of nitrogens with one attached hydrogen (secondary N) is 1. The SMILES string of the molecule is CCCN(CCC)Cc1nc2c(c(=O)[nH]c(=O)n2C)n1[C@H](CC)C(=O)OCC. The molecule has 0 amide bonds. The maximum atomic E-state index is 12.6. The normalized spacial score (nSPS) is 12.6. The van der Waals surface area contributed by atoms with Crippen molar-refractivity contribution >= 4 is 17.1 Å². The zero-order valence-corrected chi connectivity index (χ0v) is 17.4. The minimum absolute atomic E-state index is 0.227. The Kier molecular flexibility index (Phi) is 7.56. The van der Waals surface area contributed by atoms with E-state index in [-0.39, 0.29) is 17.8 Å². The fraction of sp³-hybridized carbons (Fsp3) is 0.684. The molecule has 2 rings (SSSR count). The van der Waals surface area contributed by atoms with E-state index in [4.69, 9.17) is 4.74 Å². The summed E-state index contributed by atoms with van der Waals surface area (Å²) in [5.41, 5.74) is -0.571. The van der Waals surface area contributed by atoms with Crippen molar-refractivity contribution in [2.24, 2.45) is 7.05 Å². The second-order valence-electron chi connectivity index (χ2n) is 6.84. The van der Waals surface area contributed by atoms with E-state index in [1.807, 2.05) is 6.92 Å². The molecule has 0 unspecified atom stereocenters. The topological polar surface area (TPSA) is 102 Å². The van der Waals surface area contributed by atoms with E-state index < -0.39 is 23.3 Å². The van der Waals surface area contributed by atoms with Gasteiger partial charge in [0.2, 0.25) is 0 Å². The predicted octanol–water partition coefficient (Wildman–Crippen LogP) is 1.56. The Morgan fingerprint density at radius 2 is 1.82 bits per heavy atom. The zero-order chi connectivity index (χ0) is 20.8. The number of aryl methyl sites for hydroxylation is 1. The van der Waals surface area contributed by atoms with Crippen LogP contribution in [0.3, 0.4) is 0 Å². The Morgan fingerprint density at radius 3 is 2.36 bits per heavy atom. The molecule has 0 radical (unpaired) electrons. The van der Waals surface area contributed by atoms with E-state index in [9.17, 15) is 14.4 Å². The lowest BCUT2D eigenvalue weighted by atomic mass is 10.2. The van der Waals surface area contributed by atoms with Gasteiger partial charge in [-0.25, -0.2) is 14.6 Å². The number of imidazole rings is 1. The van der Waals surface area contributed by atoms with E-state index in [0.29, 0.717) is 18.8 Å². The van der Waals surface area contributed by atoms with Crippen molar-refractivity contribution in [3.05, 3.63) is 26.7 Å². The van der Waals surface area contributed by atoms with Gasteiger partial charge in [0.1, 0.15) is 11.9 Å². The van der Waals surface area contributed by atoms with Crippen LogP contribution in [0.2, 0.25) is 0 Å². The number of esters is 1. The van der Waals surface area contributed by atoms with Crippen molar-refractivity contribution in [2.75, 3.05) is 19.7 Å². The van der Waals surface area contributed by atoms with Gasteiger partial charge in [-0.3, -0.25) is 19.2 Å². The predicted molar refractivity (Wildman–Crippen MR) is 107 cm³/mol. The third kappa shape index (κ3) is 4.35. The molecule has 0 aromatic carbocycles. The monoisotopic (exact) mass is 393 g/mol. The molecule has 0 saturated heterocycles. The summed E-state index contributed by atoms with van der Waals surface area (Å²) in [6.07, 6.45) is 2.41. The second-order valence-corrected chi connectivity index (χ2v) is 6.84. The first-order chi connectivity index (χ1) is 13.4. The first-order valence-corrected chi connectivity index (χ1v) is 9.98. The Labute approximate surface area is 164 Å². The number of aromatic amines is 1. The fourth-order valence-corrected chi connectivity index (χ4v) is 3.49. The number of ether oxygens (including phenoxy) is 1.